The molecule has 1 rings (SSSR count). The third-order valence-corrected chi connectivity index (χ3v) is 3.48. The van der Waals surface area contributed by atoms with E-state index in [1.165, 1.54) is 18.2 Å². The van der Waals surface area contributed by atoms with Gasteiger partial charge in [-0.05, 0) is 25.0 Å². The molecular weight excluding hydrogens is 328 g/mol. The van der Waals surface area contributed by atoms with E-state index in [9.17, 15) is 14.9 Å². The molecule has 0 saturated carbocycles. The van der Waals surface area contributed by atoms with Gasteiger partial charge in [-0.1, -0.05) is 15.9 Å². The molecule has 0 saturated heterocycles. The van der Waals surface area contributed by atoms with Gasteiger partial charge in [0.1, 0.15) is 0 Å². The number of non-ortho nitro benzene ring substituents is 1. The molecule has 1 unspecified atom stereocenters. The molecule has 6 nitrogen and oxygen atoms in total. The summed E-state index contributed by atoms with van der Waals surface area (Å²) in [6.45, 7) is 2.76. The Morgan fingerprint density at radius 3 is 2.80 bits per heavy atom. The molecule has 20 heavy (non-hydrogen) atoms. The monoisotopic (exact) mass is 344 g/mol. The molecule has 1 aromatic carbocycles. The van der Waals surface area contributed by atoms with E-state index in [0.717, 1.165) is 6.42 Å². The van der Waals surface area contributed by atoms with Crippen LogP contribution in [0.1, 0.15) is 22.3 Å². The minimum atomic E-state index is -0.477. The van der Waals surface area contributed by atoms with Gasteiger partial charge in [-0.3, -0.25) is 14.9 Å². The number of carbonyl (C=O) groups excluding carboxylic acids is 1. The Labute approximate surface area is 125 Å². The van der Waals surface area contributed by atoms with Crippen LogP contribution >= 0.6 is 15.9 Å². The Morgan fingerprint density at radius 1 is 1.55 bits per heavy atom. The Hall–Kier alpha value is -1.47. The molecule has 0 bridgehead atoms. The molecule has 0 aromatic heterocycles. The number of benzene rings is 1. The molecular formula is C13H17BrN2O4. The van der Waals surface area contributed by atoms with Crippen molar-refractivity contribution in [1.82, 2.24) is 5.32 Å². The van der Waals surface area contributed by atoms with Crippen LogP contribution in [-0.4, -0.2) is 35.9 Å². The van der Waals surface area contributed by atoms with Crippen LogP contribution in [0.5, 0.6) is 0 Å². The van der Waals surface area contributed by atoms with E-state index in [1.54, 1.807) is 14.0 Å². The first kappa shape index (κ1) is 16.6. The molecule has 1 atom stereocenters. The maximum Gasteiger partial charge on any atom is 0.269 e. The average Bonchev–Trinajstić information content (AvgIpc) is 2.38. The summed E-state index contributed by atoms with van der Waals surface area (Å²) in [4.78, 5) is 22.3. The lowest BCUT2D eigenvalue weighted by atomic mass is 10.1. The number of hydrogen-bond acceptors (Lipinski definition) is 4. The van der Waals surface area contributed by atoms with E-state index in [1.807, 2.05) is 0 Å². The third-order valence-electron chi connectivity index (χ3n) is 2.76. The number of aryl methyl sites for hydroxylation is 1. The van der Waals surface area contributed by atoms with Crippen molar-refractivity contribution in [1.29, 1.82) is 0 Å². The summed E-state index contributed by atoms with van der Waals surface area (Å²) in [5.74, 6) is -0.227. The molecule has 0 aliphatic heterocycles. The van der Waals surface area contributed by atoms with E-state index in [0.29, 0.717) is 24.3 Å². The quantitative estimate of drug-likeness (QED) is 0.468. The van der Waals surface area contributed by atoms with Crippen molar-refractivity contribution in [2.24, 2.45) is 0 Å². The van der Waals surface area contributed by atoms with Gasteiger partial charge in [-0.15, -0.1) is 0 Å². The second-order valence-corrected chi connectivity index (χ2v) is 5.65. The fraction of sp³-hybridized carbons (Fsp3) is 0.462. The summed E-state index contributed by atoms with van der Waals surface area (Å²) in [6.07, 6.45) is 0.742. The number of nitro benzene ring substituents is 1. The van der Waals surface area contributed by atoms with Crippen molar-refractivity contribution >= 4 is 27.5 Å². The zero-order chi connectivity index (χ0) is 15.1. The molecule has 1 aromatic rings. The zero-order valence-electron chi connectivity index (χ0n) is 11.4. The number of rotatable bonds is 7. The normalized spacial score (nSPS) is 11.9. The predicted octanol–water partition coefficient (Wildman–Crippen LogP) is 2.43. The van der Waals surface area contributed by atoms with Gasteiger partial charge in [0.05, 0.1) is 11.5 Å². The van der Waals surface area contributed by atoms with Crippen molar-refractivity contribution < 1.29 is 14.5 Å². The fourth-order valence-corrected chi connectivity index (χ4v) is 2.21. The number of methoxy groups -OCH3 is 1. The lowest BCUT2D eigenvalue weighted by molar-refractivity contribution is -0.384. The van der Waals surface area contributed by atoms with E-state index in [-0.39, 0.29) is 16.4 Å². The summed E-state index contributed by atoms with van der Waals surface area (Å²) in [6, 6.07) is 4.21. The highest BCUT2D eigenvalue weighted by atomic mass is 79.9. The van der Waals surface area contributed by atoms with Crippen molar-refractivity contribution in [3.05, 3.63) is 39.4 Å². The first-order valence-corrected chi connectivity index (χ1v) is 7.03. The maximum atomic E-state index is 12.0. The second-order valence-electron chi connectivity index (χ2n) is 4.35. The smallest absolute Gasteiger partial charge is 0.269 e. The number of nitrogens with one attached hydrogen (secondary N) is 1. The number of halogens is 1. The van der Waals surface area contributed by atoms with Crippen LogP contribution in [0.4, 0.5) is 5.69 Å². The topological polar surface area (TPSA) is 81.5 Å². The van der Waals surface area contributed by atoms with Crippen LogP contribution in [0.3, 0.4) is 0 Å². The fourth-order valence-electron chi connectivity index (χ4n) is 1.72. The van der Waals surface area contributed by atoms with Gasteiger partial charge < -0.3 is 10.1 Å². The first-order valence-electron chi connectivity index (χ1n) is 6.12. The summed E-state index contributed by atoms with van der Waals surface area (Å²) in [5.41, 5.74) is 1.03. The van der Waals surface area contributed by atoms with E-state index in [2.05, 4.69) is 21.2 Å². The summed E-state index contributed by atoms with van der Waals surface area (Å²) >= 11 is 3.43. The lowest BCUT2D eigenvalue weighted by Crippen LogP contribution is -2.27. The van der Waals surface area contributed by atoms with Crippen LogP contribution in [0.15, 0.2) is 18.2 Å². The average molecular weight is 345 g/mol. The highest BCUT2D eigenvalue weighted by Gasteiger charge is 2.13. The number of alkyl halides is 1. The summed E-state index contributed by atoms with van der Waals surface area (Å²) in [5, 5.41) is 13.4. The Bertz CT molecular complexity index is 493. The Morgan fingerprint density at radius 2 is 2.25 bits per heavy atom. The van der Waals surface area contributed by atoms with Crippen LogP contribution in [0.25, 0.3) is 0 Å². The minimum absolute atomic E-state index is 0.0142. The molecule has 0 aliphatic carbocycles. The second kappa shape index (κ2) is 7.96. The zero-order valence-corrected chi connectivity index (χ0v) is 13.0. The SMILES string of the molecule is COCC(Br)CCNC(=O)c1ccc([N+](=O)[O-])cc1C. The molecule has 0 radical (unpaired) electrons. The molecule has 110 valence electrons. The Kier molecular flexibility index (Phi) is 6.60. The van der Waals surface area contributed by atoms with Crippen molar-refractivity contribution in [2.45, 2.75) is 18.2 Å². The number of ether oxygens (including phenoxy) is 1. The molecule has 0 aliphatic rings. The summed E-state index contributed by atoms with van der Waals surface area (Å²) in [7, 11) is 1.62. The van der Waals surface area contributed by atoms with E-state index >= 15 is 0 Å². The largest absolute Gasteiger partial charge is 0.384 e. The van der Waals surface area contributed by atoms with E-state index in [4.69, 9.17) is 4.74 Å². The van der Waals surface area contributed by atoms with Gasteiger partial charge in [0.2, 0.25) is 0 Å². The molecule has 0 heterocycles. The van der Waals surface area contributed by atoms with Gasteiger partial charge in [0, 0.05) is 36.2 Å². The number of nitrogens with zero attached hydrogens (tertiary/aromatic N) is 1. The molecule has 1 N–H and O–H groups in total. The summed E-state index contributed by atoms with van der Waals surface area (Å²) < 4.78 is 4.98. The molecule has 7 heteroatoms. The van der Waals surface area contributed by atoms with E-state index < -0.39 is 4.92 Å². The standard InChI is InChI=1S/C13H17BrN2O4/c1-9-7-11(16(18)19)3-4-12(9)13(17)15-6-5-10(14)8-20-2/h3-4,7,10H,5-6,8H2,1-2H3,(H,15,17). The first-order chi connectivity index (χ1) is 9.45. The number of hydrogen-bond donors (Lipinski definition) is 1. The number of amides is 1. The predicted molar refractivity (Wildman–Crippen MR) is 79.4 cm³/mol. The highest BCUT2D eigenvalue weighted by molar-refractivity contribution is 9.09. The van der Waals surface area contributed by atoms with Crippen LogP contribution in [-0.2, 0) is 4.74 Å². The van der Waals surface area contributed by atoms with Crippen LogP contribution in [0.2, 0.25) is 0 Å². The van der Waals surface area contributed by atoms with Gasteiger partial charge in [-0.25, -0.2) is 0 Å². The van der Waals surface area contributed by atoms with Gasteiger partial charge in [-0.2, -0.15) is 0 Å². The molecule has 1 amide bonds. The van der Waals surface area contributed by atoms with Crippen molar-refractivity contribution in [3.8, 4) is 0 Å². The van der Waals surface area contributed by atoms with Gasteiger partial charge in [0.15, 0.2) is 0 Å². The maximum absolute atomic E-state index is 12.0. The van der Waals surface area contributed by atoms with Gasteiger partial charge >= 0.3 is 0 Å². The third kappa shape index (κ3) is 4.90. The van der Waals surface area contributed by atoms with Crippen LogP contribution in [0, 0.1) is 17.0 Å². The highest BCUT2D eigenvalue weighted by Crippen LogP contribution is 2.17. The Balaban J connectivity index is 2.58. The lowest BCUT2D eigenvalue weighted by Gasteiger charge is -2.10. The number of nitro groups is 1. The van der Waals surface area contributed by atoms with Crippen molar-refractivity contribution in [3.63, 3.8) is 0 Å². The van der Waals surface area contributed by atoms with Crippen molar-refractivity contribution in [2.75, 3.05) is 20.3 Å². The van der Waals surface area contributed by atoms with Gasteiger partial charge in [0.25, 0.3) is 11.6 Å². The molecule has 0 fully saturated rings. The van der Waals surface area contributed by atoms with Crippen LogP contribution < -0.4 is 5.32 Å². The molecule has 0 spiro atoms. The number of carbonyl (C=O) groups is 1. The minimum Gasteiger partial charge on any atom is -0.384 e.